The van der Waals surface area contributed by atoms with E-state index in [2.05, 4.69) is 4.98 Å². The predicted molar refractivity (Wildman–Crippen MR) is 74.1 cm³/mol. The maximum Gasteiger partial charge on any atom is 0.352 e. The van der Waals surface area contributed by atoms with Crippen molar-refractivity contribution in [1.29, 1.82) is 0 Å². The van der Waals surface area contributed by atoms with Crippen molar-refractivity contribution in [2.75, 3.05) is 18.1 Å². The van der Waals surface area contributed by atoms with Crippen LogP contribution in [-0.4, -0.2) is 49.8 Å². The SMILES string of the molecule is CC(C)[C@@]1(n2cc(N)c(N)nc2=O)O[C@H](CO)[C@@H](O)[C@H]1O. The molecule has 118 valence electrons. The lowest BCUT2D eigenvalue weighted by Crippen LogP contribution is -2.54. The molecule has 4 atom stereocenters. The molecule has 0 amide bonds. The van der Waals surface area contributed by atoms with Gasteiger partial charge >= 0.3 is 5.69 Å². The second kappa shape index (κ2) is 5.26. The molecule has 1 aromatic heterocycles. The number of rotatable bonds is 3. The molecule has 9 heteroatoms. The number of aliphatic hydroxyl groups excluding tert-OH is 3. The molecule has 0 saturated carbocycles. The first kappa shape index (κ1) is 15.7. The third-order valence-electron chi connectivity index (χ3n) is 3.84. The van der Waals surface area contributed by atoms with E-state index in [9.17, 15) is 20.1 Å². The van der Waals surface area contributed by atoms with Gasteiger partial charge in [-0.3, -0.25) is 4.57 Å². The summed E-state index contributed by atoms with van der Waals surface area (Å²) in [5.74, 6) is -0.539. The van der Waals surface area contributed by atoms with Gasteiger partial charge in [0.05, 0.1) is 12.3 Å². The summed E-state index contributed by atoms with van der Waals surface area (Å²) >= 11 is 0. The minimum Gasteiger partial charge on any atom is -0.395 e. The van der Waals surface area contributed by atoms with Crippen LogP contribution in [0.2, 0.25) is 0 Å². The van der Waals surface area contributed by atoms with Crippen LogP contribution in [0.3, 0.4) is 0 Å². The van der Waals surface area contributed by atoms with Crippen molar-refractivity contribution in [3.8, 4) is 0 Å². The number of nitrogens with two attached hydrogens (primary N) is 2. The summed E-state index contributed by atoms with van der Waals surface area (Å²) < 4.78 is 6.64. The standard InChI is InChI=1S/C12H20N4O5/c1-5(2)12(9(19)8(18)7(4-17)21-12)16-3-6(13)10(14)15-11(16)20/h3,5,7-9,17-19H,4,13H2,1-2H3,(H2,14,15,20)/t7-,8-,9-,12-/m1/s1. The van der Waals surface area contributed by atoms with Gasteiger partial charge in [-0.1, -0.05) is 13.8 Å². The summed E-state index contributed by atoms with van der Waals surface area (Å²) in [6, 6.07) is 0. The van der Waals surface area contributed by atoms with Crippen LogP contribution in [0.4, 0.5) is 11.5 Å². The van der Waals surface area contributed by atoms with Crippen LogP contribution < -0.4 is 17.2 Å². The van der Waals surface area contributed by atoms with Crippen LogP contribution in [0.25, 0.3) is 0 Å². The van der Waals surface area contributed by atoms with Gasteiger partial charge in [-0.15, -0.1) is 0 Å². The van der Waals surface area contributed by atoms with E-state index in [1.165, 1.54) is 6.20 Å². The van der Waals surface area contributed by atoms with Crippen LogP contribution in [0.1, 0.15) is 13.8 Å². The number of aromatic nitrogens is 2. The van der Waals surface area contributed by atoms with E-state index in [0.29, 0.717) is 0 Å². The Morgan fingerprint density at radius 3 is 2.57 bits per heavy atom. The highest BCUT2D eigenvalue weighted by molar-refractivity contribution is 5.55. The largest absolute Gasteiger partial charge is 0.395 e. The molecule has 1 aliphatic rings. The molecule has 21 heavy (non-hydrogen) atoms. The zero-order valence-corrected chi connectivity index (χ0v) is 11.8. The fourth-order valence-corrected chi connectivity index (χ4v) is 2.66. The number of aliphatic hydroxyl groups is 3. The van der Waals surface area contributed by atoms with Gasteiger partial charge in [-0.2, -0.15) is 4.98 Å². The van der Waals surface area contributed by atoms with Crippen molar-refractivity contribution in [2.45, 2.75) is 37.9 Å². The molecule has 1 saturated heterocycles. The lowest BCUT2D eigenvalue weighted by Gasteiger charge is -2.37. The molecule has 1 aliphatic heterocycles. The molecule has 1 aromatic rings. The van der Waals surface area contributed by atoms with E-state index < -0.39 is 42.3 Å². The first-order chi connectivity index (χ1) is 9.75. The van der Waals surface area contributed by atoms with Gasteiger partial charge < -0.3 is 31.5 Å². The molecule has 0 radical (unpaired) electrons. The highest BCUT2D eigenvalue weighted by Crippen LogP contribution is 2.40. The van der Waals surface area contributed by atoms with E-state index in [-0.39, 0.29) is 11.5 Å². The smallest absolute Gasteiger partial charge is 0.352 e. The molecule has 0 spiro atoms. The number of hydrogen-bond donors (Lipinski definition) is 5. The Balaban J connectivity index is 2.65. The Morgan fingerprint density at radius 1 is 1.48 bits per heavy atom. The maximum absolute atomic E-state index is 12.1. The Labute approximate surface area is 120 Å². The van der Waals surface area contributed by atoms with E-state index >= 15 is 0 Å². The maximum atomic E-state index is 12.1. The normalized spacial score (nSPS) is 32.8. The second-order valence-corrected chi connectivity index (χ2v) is 5.41. The molecular formula is C12H20N4O5. The average Bonchev–Trinajstić information content (AvgIpc) is 2.68. The summed E-state index contributed by atoms with van der Waals surface area (Å²) in [6.07, 6.45) is -2.58. The Kier molecular flexibility index (Phi) is 3.93. The molecule has 0 aliphatic carbocycles. The van der Waals surface area contributed by atoms with Gasteiger partial charge in [0, 0.05) is 12.1 Å². The minimum absolute atomic E-state index is 0.0485. The summed E-state index contributed by atoms with van der Waals surface area (Å²) in [7, 11) is 0. The molecule has 2 heterocycles. The second-order valence-electron chi connectivity index (χ2n) is 5.41. The summed E-state index contributed by atoms with van der Waals surface area (Å²) in [4.78, 5) is 15.7. The molecular weight excluding hydrogens is 280 g/mol. The summed E-state index contributed by atoms with van der Waals surface area (Å²) in [5.41, 5.74) is 8.85. The zero-order valence-electron chi connectivity index (χ0n) is 11.8. The molecule has 2 rings (SSSR count). The molecule has 0 aromatic carbocycles. The highest BCUT2D eigenvalue weighted by Gasteiger charge is 2.57. The molecule has 7 N–H and O–H groups in total. The van der Waals surface area contributed by atoms with Crippen molar-refractivity contribution in [3.63, 3.8) is 0 Å². The van der Waals surface area contributed by atoms with Gasteiger partial charge in [0.25, 0.3) is 0 Å². The van der Waals surface area contributed by atoms with Crippen molar-refractivity contribution in [1.82, 2.24) is 9.55 Å². The van der Waals surface area contributed by atoms with E-state index in [4.69, 9.17) is 16.2 Å². The molecule has 0 bridgehead atoms. The fraction of sp³-hybridized carbons (Fsp3) is 0.667. The minimum atomic E-state index is -1.58. The third kappa shape index (κ3) is 2.18. The number of nitrogens with zero attached hydrogens (tertiary/aromatic N) is 2. The van der Waals surface area contributed by atoms with Crippen LogP contribution in [0, 0.1) is 5.92 Å². The third-order valence-corrected chi connectivity index (χ3v) is 3.84. The van der Waals surface area contributed by atoms with Crippen molar-refractivity contribution in [2.24, 2.45) is 5.92 Å². The van der Waals surface area contributed by atoms with E-state index in [1.807, 2.05) is 0 Å². The summed E-state index contributed by atoms with van der Waals surface area (Å²) in [6.45, 7) is 2.91. The van der Waals surface area contributed by atoms with Crippen molar-refractivity contribution < 1.29 is 20.1 Å². The lowest BCUT2D eigenvalue weighted by atomic mass is 9.91. The quantitative estimate of drug-likeness (QED) is 0.422. The topological polar surface area (TPSA) is 157 Å². The highest BCUT2D eigenvalue weighted by atomic mass is 16.6. The Morgan fingerprint density at radius 2 is 2.10 bits per heavy atom. The average molecular weight is 300 g/mol. The first-order valence-corrected chi connectivity index (χ1v) is 6.55. The Hall–Kier alpha value is -1.68. The predicted octanol–water partition coefficient (Wildman–Crippen LogP) is -2.17. The van der Waals surface area contributed by atoms with Gasteiger partial charge in [0.2, 0.25) is 0 Å². The van der Waals surface area contributed by atoms with Gasteiger partial charge in [0.15, 0.2) is 11.5 Å². The van der Waals surface area contributed by atoms with Crippen molar-refractivity contribution in [3.05, 3.63) is 16.7 Å². The monoisotopic (exact) mass is 300 g/mol. The first-order valence-electron chi connectivity index (χ1n) is 6.55. The van der Waals surface area contributed by atoms with E-state index in [0.717, 1.165) is 4.57 Å². The lowest BCUT2D eigenvalue weighted by molar-refractivity contribution is -0.178. The van der Waals surface area contributed by atoms with Crippen LogP contribution in [-0.2, 0) is 10.5 Å². The van der Waals surface area contributed by atoms with E-state index in [1.54, 1.807) is 13.8 Å². The van der Waals surface area contributed by atoms with Gasteiger partial charge in [-0.05, 0) is 0 Å². The van der Waals surface area contributed by atoms with Gasteiger partial charge in [-0.25, -0.2) is 4.79 Å². The van der Waals surface area contributed by atoms with Crippen molar-refractivity contribution >= 4 is 11.5 Å². The fourth-order valence-electron chi connectivity index (χ4n) is 2.66. The zero-order chi connectivity index (χ0) is 15.9. The Bertz CT molecular complexity index is 590. The van der Waals surface area contributed by atoms with Crippen LogP contribution in [0.5, 0.6) is 0 Å². The number of anilines is 2. The van der Waals surface area contributed by atoms with Crippen LogP contribution >= 0.6 is 0 Å². The number of nitrogen functional groups attached to an aromatic ring is 2. The number of hydrogen-bond acceptors (Lipinski definition) is 8. The van der Waals surface area contributed by atoms with Crippen LogP contribution in [0.15, 0.2) is 11.0 Å². The molecule has 0 unspecified atom stereocenters. The van der Waals surface area contributed by atoms with Gasteiger partial charge in [0.1, 0.15) is 18.3 Å². The summed E-state index contributed by atoms with van der Waals surface area (Å²) in [5, 5.41) is 29.6. The molecule has 9 nitrogen and oxygen atoms in total. The number of ether oxygens (including phenoxy) is 1. The molecule has 1 fully saturated rings.